The van der Waals surface area contributed by atoms with Crippen molar-refractivity contribution in [2.45, 2.75) is 33.3 Å². The van der Waals surface area contributed by atoms with E-state index >= 15 is 0 Å². The zero-order valence-electron chi connectivity index (χ0n) is 13.0. The van der Waals surface area contributed by atoms with Crippen LogP contribution in [0.2, 0.25) is 0 Å². The second kappa shape index (κ2) is 8.15. The number of carbonyl (C=O) groups is 1. The SMILES string of the molecule is C=COC(C)(C)C.C=Cc1cc(C)cc(C(=O)NC)n1. The minimum absolute atomic E-state index is 0.0677. The lowest BCUT2D eigenvalue weighted by Gasteiger charge is -2.16. The number of pyridine rings is 1. The second-order valence-electron chi connectivity index (χ2n) is 5.13. The van der Waals surface area contributed by atoms with E-state index in [0.29, 0.717) is 5.69 Å². The Morgan fingerprint density at radius 2 is 1.95 bits per heavy atom. The van der Waals surface area contributed by atoms with Gasteiger partial charge in [0.2, 0.25) is 0 Å². The number of hydrogen-bond donors (Lipinski definition) is 1. The van der Waals surface area contributed by atoms with Gasteiger partial charge < -0.3 is 10.1 Å². The first-order valence-electron chi connectivity index (χ1n) is 6.35. The third-order valence-corrected chi connectivity index (χ3v) is 2.10. The Labute approximate surface area is 121 Å². The number of aromatic nitrogens is 1. The van der Waals surface area contributed by atoms with E-state index in [1.165, 1.54) is 6.26 Å². The van der Waals surface area contributed by atoms with Crippen LogP contribution in [0.4, 0.5) is 0 Å². The molecule has 1 aromatic heterocycles. The molecular formula is C16H24N2O2. The zero-order chi connectivity index (χ0) is 15.8. The van der Waals surface area contributed by atoms with Crippen LogP contribution in [-0.4, -0.2) is 23.5 Å². The molecular weight excluding hydrogens is 252 g/mol. The number of amides is 1. The molecule has 0 aliphatic rings. The van der Waals surface area contributed by atoms with Crippen molar-refractivity contribution >= 4 is 12.0 Å². The van der Waals surface area contributed by atoms with Gasteiger partial charge in [-0.05, 0) is 51.5 Å². The molecule has 0 aliphatic carbocycles. The van der Waals surface area contributed by atoms with Crippen molar-refractivity contribution in [3.63, 3.8) is 0 Å². The van der Waals surface area contributed by atoms with Crippen LogP contribution >= 0.6 is 0 Å². The van der Waals surface area contributed by atoms with Crippen LogP contribution in [0.1, 0.15) is 42.5 Å². The number of rotatable bonds is 3. The highest BCUT2D eigenvalue weighted by molar-refractivity contribution is 5.92. The van der Waals surface area contributed by atoms with Crippen LogP contribution in [0, 0.1) is 6.92 Å². The average Bonchev–Trinajstić information content (AvgIpc) is 2.36. The van der Waals surface area contributed by atoms with Crippen molar-refractivity contribution in [1.82, 2.24) is 10.3 Å². The molecule has 20 heavy (non-hydrogen) atoms. The van der Waals surface area contributed by atoms with E-state index in [9.17, 15) is 4.79 Å². The van der Waals surface area contributed by atoms with Crippen LogP contribution in [0.3, 0.4) is 0 Å². The van der Waals surface area contributed by atoms with Gasteiger partial charge >= 0.3 is 0 Å². The maximum absolute atomic E-state index is 11.2. The Balaban J connectivity index is 0.000000441. The number of ether oxygens (including phenoxy) is 1. The first kappa shape index (κ1) is 17.9. The summed E-state index contributed by atoms with van der Waals surface area (Å²) in [7, 11) is 1.58. The van der Waals surface area contributed by atoms with E-state index in [1.54, 1.807) is 19.2 Å². The number of nitrogens with one attached hydrogen (secondary N) is 1. The Bertz CT molecular complexity index is 474. The number of carbonyl (C=O) groups excluding carboxylic acids is 1. The molecule has 1 rings (SSSR count). The summed E-state index contributed by atoms with van der Waals surface area (Å²) < 4.78 is 4.99. The third-order valence-electron chi connectivity index (χ3n) is 2.10. The fourth-order valence-corrected chi connectivity index (χ4v) is 1.29. The highest BCUT2D eigenvalue weighted by Crippen LogP contribution is 2.06. The van der Waals surface area contributed by atoms with E-state index in [-0.39, 0.29) is 11.5 Å². The van der Waals surface area contributed by atoms with Crippen molar-refractivity contribution in [2.24, 2.45) is 0 Å². The molecule has 1 N–H and O–H groups in total. The monoisotopic (exact) mass is 276 g/mol. The van der Waals surface area contributed by atoms with Gasteiger partial charge in [0.15, 0.2) is 0 Å². The minimum Gasteiger partial charge on any atom is -0.496 e. The zero-order valence-corrected chi connectivity index (χ0v) is 13.0. The molecule has 0 radical (unpaired) electrons. The standard InChI is InChI=1S/C10H12N2O.C6H12O/c1-4-8-5-7(2)6-9(12-8)10(13)11-3;1-5-7-6(2,3)4/h4-6H,1H2,2-3H3,(H,11,13);5H,1H2,2-4H3. The normalized spacial score (nSPS) is 9.85. The molecule has 1 amide bonds. The van der Waals surface area contributed by atoms with Gasteiger partial charge in [-0.3, -0.25) is 4.79 Å². The summed E-state index contributed by atoms with van der Waals surface area (Å²) in [6.07, 6.45) is 3.08. The summed E-state index contributed by atoms with van der Waals surface area (Å²) in [5.74, 6) is -0.174. The topological polar surface area (TPSA) is 51.2 Å². The van der Waals surface area contributed by atoms with Crippen molar-refractivity contribution in [3.05, 3.63) is 48.5 Å². The first-order valence-corrected chi connectivity index (χ1v) is 6.35. The number of aryl methyl sites for hydroxylation is 1. The summed E-state index contributed by atoms with van der Waals surface area (Å²) in [4.78, 5) is 15.3. The van der Waals surface area contributed by atoms with Crippen LogP contribution in [0.25, 0.3) is 6.08 Å². The van der Waals surface area contributed by atoms with E-state index in [2.05, 4.69) is 23.5 Å². The highest BCUT2D eigenvalue weighted by atomic mass is 16.5. The number of nitrogens with zero attached hydrogens (tertiary/aromatic N) is 1. The molecule has 0 aliphatic heterocycles. The Hall–Kier alpha value is -2.10. The van der Waals surface area contributed by atoms with Gasteiger partial charge in [-0.2, -0.15) is 0 Å². The van der Waals surface area contributed by atoms with Gasteiger partial charge in [-0.15, -0.1) is 0 Å². The molecule has 1 heterocycles. The maximum Gasteiger partial charge on any atom is 0.269 e. The largest absolute Gasteiger partial charge is 0.496 e. The lowest BCUT2D eigenvalue weighted by atomic mass is 10.2. The molecule has 4 heteroatoms. The molecule has 0 unspecified atom stereocenters. The van der Waals surface area contributed by atoms with Crippen LogP contribution in [-0.2, 0) is 4.74 Å². The maximum atomic E-state index is 11.2. The molecule has 1 aromatic rings. The van der Waals surface area contributed by atoms with E-state index < -0.39 is 0 Å². The molecule has 0 atom stereocenters. The fourth-order valence-electron chi connectivity index (χ4n) is 1.29. The van der Waals surface area contributed by atoms with E-state index in [0.717, 1.165) is 11.3 Å². The van der Waals surface area contributed by atoms with Gasteiger partial charge in [0.1, 0.15) is 5.69 Å². The molecule has 0 aromatic carbocycles. The number of hydrogen-bond acceptors (Lipinski definition) is 3. The van der Waals surface area contributed by atoms with Crippen LogP contribution in [0.15, 0.2) is 31.6 Å². The lowest BCUT2D eigenvalue weighted by molar-refractivity contribution is 0.0774. The molecule has 4 nitrogen and oxygen atoms in total. The third kappa shape index (κ3) is 7.36. The second-order valence-corrected chi connectivity index (χ2v) is 5.13. The predicted octanol–water partition coefficient (Wildman–Crippen LogP) is 3.34. The first-order chi connectivity index (χ1) is 9.23. The molecule has 0 bridgehead atoms. The Morgan fingerprint density at radius 1 is 1.35 bits per heavy atom. The predicted molar refractivity (Wildman–Crippen MR) is 83.5 cm³/mol. The van der Waals surface area contributed by atoms with Crippen molar-refractivity contribution < 1.29 is 9.53 Å². The smallest absolute Gasteiger partial charge is 0.269 e. The van der Waals surface area contributed by atoms with Gasteiger partial charge in [0, 0.05) is 7.05 Å². The Morgan fingerprint density at radius 3 is 2.30 bits per heavy atom. The van der Waals surface area contributed by atoms with E-state index in [1.807, 2.05) is 33.8 Å². The lowest BCUT2D eigenvalue weighted by Crippen LogP contribution is -2.19. The van der Waals surface area contributed by atoms with Gasteiger partial charge in [-0.25, -0.2) is 4.98 Å². The van der Waals surface area contributed by atoms with Gasteiger partial charge in [-0.1, -0.05) is 13.2 Å². The summed E-state index contributed by atoms with van der Waals surface area (Å²) in [5.41, 5.74) is 2.08. The van der Waals surface area contributed by atoms with Gasteiger partial charge in [0.25, 0.3) is 5.91 Å². The molecule has 0 saturated heterocycles. The minimum atomic E-state index is -0.174. The van der Waals surface area contributed by atoms with Crippen LogP contribution < -0.4 is 5.32 Å². The molecule has 0 spiro atoms. The van der Waals surface area contributed by atoms with Crippen molar-refractivity contribution in [3.8, 4) is 0 Å². The quantitative estimate of drug-likeness (QED) is 0.861. The van der Waals surface area contributed by atoms with Crippen LogP contribution in [0.5, 0.6) is 0 Å². The highest BCUT2D eigenvalue weighted by Gasteiger charge is 2.06. The fraction of sp³-hybridized carbons (Fsp3) is 0.375. The summed E-state index contributed by atoms with van der Waals surface area (Å²) >= 11 is 0. The molecule has 110 valence electrons. The van der Waals surface area contributed by atoms with Gasteiger partial charge in [0.05, 0.1) is 17.6 Å². The van der Waals surface area contributed by atoms with Crippen molar-refractivity contribution in [1.29, 1.82) is 0 Å². The van der Waals surface area contributed by atoms with Crippen molar-refractivity contribution in [2.75, 3.05) is 7.05 Å². The Kier molecular flexibility index (Phi) is 7.29. The summed E-state index contributed by atoms with van der Waals surface area (Å²) in [6.45, 7) is 14.9. The molecule has 0 fully saturated rings. The average molecular weight is 276 g/mol. The van der Waals surface area contributed by atoms with E-state index in [4.69, 9.17) is 4.74 Å². The molecule has 0 saturated carbocycles. The summed E-state index contributed by atoms with van der Waals surface area (Å²) in [5, 5.41) is 2.52. The summed E-state index contributed by atoms with van der Waals surface area (Å²) in [6, 6.07) is 3.62.